The summed E-state index contributed by atoms with van der Waals surface area (Å²) in [6.45, 7) is 1.78. The summed E-state index contributed by atoms with van der Waals surface area (Å²) in [5.41, 5.74) is 1.64. The largest absolute Gasteiger partial charge is 0.449 e. The molecule has 0 heterocycles. The van der Waals surface area contributed by atoms with E-state index in [9.17, 15) is 18.8 Å². The zero-order valence-corrected chi connectivity index (χ0v) is 17.0. The summed E-state index contributed by atoms with van der Waals surface area (Å²) in [5, 5.41) is 2.69. The smallest absolute Gasteiger partial charge is 0.339 e. The highest BCUT2D eigenvalue weighted by Gasteiger charge is 2.23. The molecule has 0 aliphatic rings. The molecule has 0 unspecified atom stereocenters. The highest BCUT2D eigenvalue weighted by Crippen LogP contribution is 2.16. The van der Waals surface area contributed by atoms with Crippen molar-refractivity contribution in [3.63, 3.8) is 0 Å². The number of benzene rings is 3. The van der Waals surface area contributed by atoms with Crippen LogP contribution in [0.15, 0.2) is 78.9 Å². The second kappa shape index (κ2) is 10.3. The van der Waals surface area contributed by atoms with Crippen LogP contribution in [-0.4, -0.2) is 30.3 Å². The molecule has 0 saturated heterocycles. The maximum atomic E-state index is 12.9. The lowest BCUT2D eigenvalue weighted by Crippen LogP contribution is -2.37. The summed E-state index contributed by atoms with van der Waals surface area (Å²) in [7, 11) is 0. The number of rotatable bonds is 8. The molecule has 0 fully saturated rings. The van der Waals surface area contributed by atoms with E-state index in [-0.39, 0.29) is 22.7 Å². The second-order valence-electron chi connectivity index (χ2n) is 6.96. The van der Waals surface area contributed by atoms with Crippen molar-refractivity contribution in [2.24, 2.45) is 0 Å². The van der Waals surface area contributed by atoms with E-state index in [1.165, 1.54) is 25.1 Å². The molecule has 0 aliphatic heterocycles. The number of carbonyl (C=O) groups is 3. The van der Waals surface area contributed by atoms with Gasteiger partial charge >= 0.3 is 5.97 Å². The zero-order chi connectivity index (χ0) is 22.2. The van der Waals surface area contributed by atoms with Gasteiger partial charge in [0.05, 0.1) is 5.56 Å². The highest BCUT2D eigenvalue weighted by atomic mass is 19.1. The monoisotopic (exact) mass is 419 g/mol. The molecular formula is C25H22FNO4. The number of ketones is 1. The maximum Gasteiger partial charge on any atom is 0.339 e. The Kier molecular flexibility index (Phi) is 7.27. The van der Waals surface area contributed by atoms with E-state index in [0.717, 1.165) is 5.56 Å². The Morgan fingerprint density at radius 3 is 2.16 bits per heavy atom. The first-order valence-corrected chi connectivity index (χ1v) is 9.87. The summed E-state index contributed by atoms with van der Waals surface area (Å²) in [5.74, 6) is -1.83. The Morgan fingerprint density at radius 1 is 0.871 bits per heavy atom. The number of carbonyl (C=O) groups excluding carboxylic acids is 3. The Morgan fingerprint density at radius 2 is 1.48 bits per heavy atom. The van der Waals surface area contributed by atoms with Gasteiger partial charge in [-0.05, 0) is 37.1 Å². The molecule has 0 radical (unpaired) electrons. The van der Waals surface area contributed by atoms with Crippen LogP contribution in [0.1, 0.15) is 38.8 Å². The summed E-state index contributed by atoms with van der Waals surface area (Å²) in [6.07, 6.45) is -0.526. The van der Waals surface area contributed by atoms with E-state index in [4.69, 9.17) is 4.74 Å². The molecule has 1 amide bonds. The Bertz CT molecular complexity index is 1060. The molecule has 3 aromatic carbocycles. The molecule has 158 valence electrons. The average molecular weight is 419 g/mol. The Balaban J connectivity index is 1.60. The van der Waals surface area contributed by atoms with Crippen molar-refractivity contribution < 1.29 is 23.5 Å². The molecule has 6 heteroatoms. The number of hydrogen-bond acceptors (Lipinski definition) is 4. The third-order valence-electron chi connectivity index (χ3n) is 4.71. The SMILES string of the molecule is C[C@H](OC(=O)c1ccccc1C(=O)c1ccccc1)C(=O)NCCc1ccc(F)cc1. The lowest BCUT2D eigenvalue weighted by atomic mass is 9.98. The predicted molar refractivity (Wildman–Crippen MR) is 114 cm³/mol. The second-order valence-corrected chi connectivity index (χ2v) is 6.96. The average Bonchev–Trinajstić information content (AvgIpc) is 2.80. The van der Waals surface area contributed by atoms with Gasteiger partial charge in [-0.3, -0.25) is 9.59 Å². The van der Waals surface area contributed by atoms with Crippen LogP contribution < -0.4 is 5.32 Å². The van der Waals surface area contributed by atoms with Crippen LogP contribution in [0.3, 0.4) is 0 Å². The van der Waals surface area contributed by atoms with Crippen LogP contribution in [0.5, 0.6) is 0 Å². The van der Waals surface area contributed by atoms with Gasteiger partial charge in [0.1, 0.15) is 5.82 Å². The van der Waals surface area contributed by atoms with Gasteiger partial charge < -0.3 is 10.1 Å². The number of ether oxygens (including phenoxy) is 1. The first-order valence-electron chi connectivity index (χ1n) is 9.87. The van der Waals surface area contributed by atoms with Crippen LogP contribution in [0.2, 0.25) is 0 Å². The number of halogens is 1. The molecule has 0 bridgehead atoms. The third-order valence-corrected chi connectivity index (χ3v) is 4.71. The molecule has 5 nitrogen and oxygen atoms in total. The molecule has 3 aromatic rings. The number of esters is 1. The highest BCUT2D eigenvalue weighted by molar-refractivity contribution is 6.14. The minimum atomic E-state index is -1.04. The standard InChI is InChI=1S/C25H22FNO4/c1-17(24(29)27-16-15-18-11-13-20(26)14-12-18)31-25(30)22-10-6-5-9-21(22)23(28)19-7-3-2-4-8-19/h2-14,17H,15-16H2,1H3,(H,27,29)/t17-/m0/s1. The minimum Gasteiger partial charge on any atom is -0.449 e. The van der Waals surface area contributed by atoms with Crippen LogP contribution in [-0.2, 0) is 16.0 Å². The Labute approximate surface area is 179 Å². The molecule has 31 heavy (non-hydrogen) atoms. The first-order chi connectivity index (χ1) is 15.0. The van der Waals surface area contributed by atoms with E-state index in [2.05, 4.69) is 5.32 Å². The van der Waals surface area contributed by atoms with Gasteiger partial charge in [0, 0.05) is 17.7 Å². The first kappa shape index (κ1) is 21.9. The fourth-order valence-electron chi connectivity index (χ4n) is 3.01. The van der Waals surface area contributed by atoms with Gasteiger partial charge in [0.15, 0.2) is 11.9 Å². The van der Waals surface area contributed by atoms with Gasteiger partial charge in [-0.15, -0.1) is 0 Å². The van der Waals surface area contributed by atoms with Crippen molar-refractivity contribution in [2.45, 2.75) is 19.4 Å². The van der Waals surface area contributed by atoms with Crippen LogP contribution in [0, 0.1) is 5.82 Å². The van der Waals surface area contributed by atoms with Crippen molar-refractivity contribution >= 4 is 17.7 Å². The third kappa shape index (κ3) is 5.85. The minimum absolute atomic E-state index is 0.0994. The van der Waals surface area contributed by atoms with Crippen LogP contribution in [0.4, 0.5) is 4.39 Å². The molecule has 1 atom stereocenters. The van der Waals surface area contributed by atoms with E-state index in [1.54, 1.807) is 60.7 Å². The molecule has 0 aromatic heterocycles. The van der Waals surface area contributed by atoms with Crippen molar-refractivity contribution in [3.05, 3.63) is 107 Å². The number of amides is 1. The maximum absolute atomic E-state index is 12.9. The molecular weight excluding hydrogens is 397 g/mol. The van der Waals surface area contributed by atoms with E-state index in [1.807, 2.05) is 0 Å². The molecule has 3 rings (SSSR count). The van der Waals surface area contributed by atoms with Gasteiger partial charge in [0.2, 0.25) is 0 Å². The summed E-state index contributed by atoms with van der Waals surface area (Å²) >= 11 is 0. The molecule has 0 aliphatic carbocycles. The van der Waals surface area contributed by atoms with Crippen molar-refractivity contribution in [1.29, 1.82) is 0 Å². The topological polar surface area (TPSA) is 72.5 Å². The van der Waals surface area contributed by atoms with Crippen LogP contribution >= 0.6 is 0 Å². The van der Waals surface area contributed by atoms with E-state index >= 15 is 0 Å². The molecule has 1 N–H and O–H groups in total. The van der Waals surface area contributed by atoms with Gasteiger partial charge in [-0.2, -0.15) is 0 Å². The van der Waals surface area contributed by atoms with Gasteiger partial charge in [0.25, 0.3) is 5.91 Å². The lowest BCUT2D eigenvalue weighted by molar-refractivity contribution is -0.129. The van der Waals surface area contributed by atoms with Crippen molar-refractivity contribution in [1.82, 2.24) is 5.32 Å². The van der Waals surface area contributed by atoms with Gasteiger partial charge in [-0.25, -0.2) is 9.18 Å². The fourth-order valence-corrected chi connectivity index (χ4v) is 3.01. The quantitative estimate of drug-likeness (QED) is 0.443. The van der Waals surface area contributed by atoms with Crippen molar-refractivity contribution in [2.75, 3.05) is 6.54 Å². The fraction of sp³-hybridized carbons (Fsp3) is 0.160. The lowest BCUT2D eigenvalue weighted by Gasteiger charge is -2.15. The summed E-state index contributed by atoms with van der Waals surface area (Å²) in [6, 6.07) is 21.0. The van der Waals surface area contributed by atoms with Gasteiger partial charge in [-0.1, -0.05) is 60.7 Å². The number of hydrogen-bond donors (Lipinski definition) is 1. The zero-order valence-electron chi connectivity index (χ0n) is 17.0. The Hall–Kier alpha value is -3.80. The normalized spacial score (nSPS) is 11.4. The van der Waals surface area contributed by atoms with E-state index in [0.29, 0.717) is 18.5 Å². The van der Waals surface area contributed by atoms with Crippen molar-refractivity contribution in [3.8, 4) is 0 Å². The predicted octanol–water partition coefficient (Wildman–Crippen LogP) is 3.96. The molecule has 0 spiro atoms. The van der Waals surface area contributed by atoms with E-state index < -0.39 is 18.0 Å². The summed E-state index contributed by atoms with van der Waals surface area (Å²) in [4.78, 5) is 37.7. The molecule has 0 saturated carbocycles. The van der Waals surface area contributed by atoms with Crippen LogP contribution in [0.25, 0.3) is 0 Å². The number of nitrogens with one attached hydrogen (secondary N) is 1. The summed E-state index contributed by atoms with van der Waals surface area (Å²) < 4.78 is 18.2.